The zero-order chi connectivity index (χ0) is 14.4. The molecule has 1 amide bonds. The lowest BCUT2D eigenvalue weighted by Gasteiger charge is -2.07. The Morgan fingerprint density at radius 1 is 1.05 bits per heavy atom. The smallest absolute Gasteiger partial charge is 0.238 e. The van der Waals surface area contributed by atoms with Gasteiger partial charge in [0.05, 0.1) is 6.42 Å². The maximum atomic E-state index is 11.1. The number of nitrogens with two attached hydrogens (primary N) is 1. The van der Waals surface area contributed by atoms with Crippen molar-refractivity contribution in [1.82, 2.24) is 5.43 Å². The highest BCUT2D eigenvalue weighted by atomic mass is 16.5. The molecule has 0 bridgehead atoms. The summed E-state index contributed by atoms with van der Waals surface area (Å²) in [6.45, 7) is 2.55. The number of carbonyl (C=O) groups excluding carboxylic acids is 1. The van der Waals surface area contributed by atoms with Crippen molar-refractivity contribution >= 4 is 5.91 Å². The Hall–Kier alpha value is -2.33. The van der Waals surface area contributed by atoms with Crippen LogP contribution in [-0.4, -0.2) is 5.91 Å². The predicted octanol–water partition coefficient (Wildman–Crippen LogP) is 2.11. The van der Waals surface area contributed by atoms with Crippen molar-refractivity contribution in [3.63, 3.8) is 0 Å². The molecular formula is C16H18N2O2. The number of hydrazine groups is 1. The van der Waals surface area contributed by atoms with E-state index in [0.29, 0.717) is 6.61 Å². The number of hydrogen-bond donors (Lipinski definition) is 2. The summed E-state index contributed by atoms with van der Waals surface area (Å²) < 4.78 is 5.69. The van der Waals surface area contributed by atoms with Gasteiger partial charge in [-0.25, -0.2) is 5.84 Å². The van der Waals surface area contributed by atoms with Gasteiger partial charge >= 0.3 is 0 Å². The summed E-state index contributed by atoms with van der Waals surface area (Å²) in [7, 11) is 0. The van der Waals surface area contributed by atoms with Gasteiger partial charge in [-0.1, -0.05) is 42.0 Å². The van der Waals surface area contributed by atoms with Gasteiger partial charge in [-0.05, 0) is 30.2 Å². The number of amides is 1. The molecule has 2 aromatic carbocycles. The molecule has 0 aliphatic heterocycles. The highest BCUT2D eigenvalue weighted by Crippen LogP contribution is 2.14. The van der Waals surface area contributed by atoms with Crippen molar-refractivity contribution in [2.24, 2.45) is 5.84 Å². The summed E-state index contributed by atoms with van der Waals surface area (Å²) in [4.78, 5) is 11.1. The number of hydrogen-bond acceptors (Lipinski definition) is 3. The summed E-state index contributed by atoms with van der Waals surface area (Å²) in [5, 5.41) is 0. The van der Waals surface area contributed by atoms with Crippen LogP contribution >= 0.6 is 0 Å². The lowest BCUT2D eigenvalue weighted by atomic mass is 10.1. The molecule has 0 saturated heterocycles. The van der Waals surface area contributed by atoms with Gasteiger partial charge in [-0.15, -0.1) is 0 Å². The molecule has 0 atom stereocenters. The van der Waals surface area contributed by atoms with Gasteiger partial charge in [0, 0.05) is 0 Å². The van der Waals surface area contributed by atoms with Crippen molar-refractivity contribution in [2.45, 2.75) is 20.0 Å². The largest absolute Gasteiger partial charge is 0.489 e. The molecule has 0 aliphatic rings. The normalized spacial score (nSPS) is 10.1. The van der Waals surface area contributed by atoms with Crippen LogP contribution in [0.2, 0.25) is 0 Å². The van der Waals surface area contributed by atoms with Crippen LogP contribution in [0.25, 0.3) is 0 Å². The van der Waals surface area contributed by atoms with E-state index in [-0.39, 0.29) is 12.3 Å². The van der Waals surface area contributed by atoms with Crippen molar-refractivity contribution in [3.05, 3.63) is 65.2 Å². The first-order valence-corrected chi connectivity index (χ1v) is 6.44. The van der Waals surface area contributed by atoms with Crippen LogP contribution in [0.15, 0.2) is 48.5 Å². The lowest BCUT2D eigenvalue weighted by Crippen LogP contribution is -2.31. The Kier molecular flexibility index (Phi) is 4.74. The third kappa shape index (κ3) is 4.10. The molecule has 3 N–H and O–H groups in total. The van der Waals surface area contributed by atoms with Gasteiger partial charge in [-0.2, -0.15) is 0 Å². The fraction of sp³-hybridized carbons (Fsp3) is 0.188. The number of rotatable bonds is 5. The standard InChI is InChI=1S/C16H18N2O2/c1-12-2-8-15(9-3-12)20-11-14-6-4-13(5-7-14)10-16(19)18-17/h2-9H,10-11,17H2,1H3,(H,18,19). The molecule has 0 aromatic heterocycles. The number of benzene rings is 2. The second-order valence-electron chi connectivity index (χ2n) is 4.66. The Bertz CT molecular complexity index is 562. The number of aryl methyl sites for hydroxylation is 1. The zero-order valence-corrected chi connectivity index (χ0v) is 11.4. The second-order valence-corrected chi connectivity index (χ2v) is 4.66. The third-order valence-corrected chi connectivity index (χ3v) is 2.98. The number of nitrogens with one attached hydrogen (secondary N) is 1. The molecule has 0 spiro atoms. The topological polar surface area (TPSA) is 64.3 Å². The summed E-state index contributed by atoms with van der Waals surface area (Å²) in [5.41, 5.74) is 5.30. The minimum absolute atomic E-state index is 0.200. The highest BCUT2D eigenvalue weighted by Gasteiger charge is 2.01. The van der Waals surface area contributed by atoms with Crippen molar-refractivity contribution < 1.29 is 9.53 Å². The molecule has 104 valence electrons. The third-order valence-electron chi connectivity index (χ3n) is 2.98. The van der Waals surface area contributed by atoms with Gasteiger partial charge in [0.1, 0.15) is 12.4 Å². The van der Waals surface area contributed by atoms with Crippen LogP contribution in [-0.2, 0) is 17.8 Å². The summed E-state index contributed by atoms with van der Waals surface area (Å²) in [6, 6.07) is 15.7. The van der Waals surface area contributed by atoms with E-state index in [0.717, 1.165) is 16.9 Å². The summed E-state index contributed by atoms with van der Waals surface area (Å²) >= 11 is 0. The highest BCUT2D eigenvalue weighted by molar-refractivity contribution is 5.77. The van der Waals surface area contributed by atoms with E-state index in [1.165, 1.54) is 5.56 Å². The van der Waals surface area contributed by atoms with E-state index in [2.05, 4.69) is 5.43 Å². The first kappa shape index (κ1) is 14.1. The van der Waals surface area contributed by atoms with Crippen LogP contribution < -0.4 is 16.0 Å². The number of ether oxygens (including phenoxy) is 1. The van der Waals surface area contributed by atoms with E-state index in [4.69, 9.17) is 10.6 Å². The molecule has 20 heavy (non-hydrogen) atoms. The van der Waals surface area contributed by atoms with E-state index in [1.807, 2.05) is 55.5 Å². The van der Waals surface area contributed by atoms with Crippen molar-refractivity contribution in [1.29, 1.82) is 0 Å². The molecule has 4 heteroatoms. The van der Waals surface area contributed by atoms with E-state index < -0.39 is 0 Å². The van der Waals surface area contributed by atoms with Crippen LogP contribution in [0.4, 0.5) is 0 Å². The zero-order valence-electron chi connectivity index (χ0n) is 11.4. The monoisotopic (exact) mass is 270 g/mol. The Morgan fingerprint density at radius 2 is 1.65 bits per heavy atom. The Morgan fingerprint density at radius 3 is 2.25 bits per heavy atom. The molecule has 0 unspecified atom stereocenters. The minimum Gasteiger partial charge on any atom is -0.489 e. The summed E-state index contributed by atoms with van der Waals surface area (Å²) in [6.07, 6.45) is 0.287. The van der Waals surface area contributed by atoms with Gasteiger partial charge in [0.15, 0.2) is 0 Å². The molecule has 0 radical (unpaired) electrons. The fourth-order valence-corrected chi connectivity index (χ4v) is 1.79. The SMILES string of the molecule is Cc1ccc(OCc2ccc(CC(=O)NN)cc2)cc1. The van der Waals surface area contributed by atoms with Crippen LogP contribution in [0.5, 0.6) is 5.75 Å². The molecule has 0 fully saturated rings. The van der Waals surface area contributed by atoms with Gasteiger partial charge < -0.3 is 4.74 Å². The van der Waals surface area contributed by atoms with Crippen molar-refractivity contribution in [2.75, 3.05) is 0 Å². The first-order valence-electron chi connectivity index (χ1n) is 6.44. The van der Waals surface area contributed by atoms with E-state index in [1.54, 1.807) is 0 Å². The first-order chi connectivity index (χ1) is 9.67. The van der Waals surface area contributed by atoms with Gasteiger partial charge in [0.2, 0.25) is 5.91 Å². The molecule has 2 aromatic rings. The fourth-order valence-electron chi connectivity index (χ4n) is 1.79. The molecule has 0 saturated carbocycles. The Labute approximate surface area is 118 Å². The predicted molar refractivity (Wildman–Crippen MR) is 78.0 cm³/mol. The minimum atomic E-state index is -0.200. The van der Waals surface area contributed by atoms with Crippen LogP contribution in [0.1, 0.15) is 16.7 Å². The molecule has 0 heterocycles. The maximum Gasteiger partial charge on any atom is 0.238 e. The van der Waals surface area contributed by atoms with Crippen LogP contribution in [0, 0.1) is 6.92 Å². The summed E-state index contributed by atoms with van der Waals surface area (Å²) in [5.74, 6) is 5.70. The second kappa shape index (κ2) is 6.73. The van der Waals surface area contributed by atoms with Gasteiger partial charge in [0.25, 0.3) is 0 Å². The van der Waals surface area contributed by atoms with Crippen molar-refractivity contribution in [3.8, 4) is 5.75 Å². The van der Waals surface area contributed by atoms with Crippen LogP contribution in [0.3, 0.4) is 0 Å². The maximum absolute atomic E-state index is 11.1. The van der Waals surface area contributed by atoms with E-state index in [9.17, 15) is 4.79 Å². The average Bonchev–Trinajstić information content (AvgIpc) is 2.48. The van der Waals surface area contributed by atoms with Gasteiger partial charge in [-0.3, -0.25) is 10.2 Å². The Balaban J connectivity index is 1.90. The molecule has 2 rings (SSSR count). The van der Waals surface area contributed by atoms with E-state index >= 15 is 0 Å². The molecular weight excluding hydrogens is 252 g/mol. The lowest BCUT2D eigenvalue weighted by molar-refractivity contribution is -0.120. The quantitative estimate of drug-likeness (QED) is 0.497. The molecule has 4 nitrogen and oxygen atoms in total. The average molecular weight is 270 g/mol. The number of carbonyl (C=O) groups is 1. The molecule has 0 aliphatic carbocycles.